The Balaban J connectivity index is 1.62. The van der Waals surface area contributed by atoms with E-state index in [4.69, 9.17) is 11.5 Å². The maximum Gasteiger partial charge on any atom is 0.264 e. The Morgan fingerprint density at radius 2 is 1.89 bits per heavy atom. The van der Waals surface area contributed by atoms with Gasteiger partial charge in [0.05, 0.1) is 5.56 Å². The van der Waals surface area contributed by atoms with E-state index in [1.54, 1.807) is 11.6 Å². The fourth-order valence-electron chi connectivity index (χ4n) is 4.69. The first-order valence-electron chi connectivity index (χ1n) is 9.48. The van der Waals surface area contributed by atoms with Crippen molar-refractivity contribution < 1.29 is 4.39 Å². The molecule has 1 aliphatic carbocycles. The summed E-state index contributed by atoms with van der Waals surface area (Å²) in [6.07, 6.45) is 1.82. The molecule has 2 aromatic rings. The van der Waals surface area contributed by atoms with Crippen molar-refractivity contribution >= 4 is 11.8 Å². The highest BCUT2D eigenvalue weighted by Gasteiger charge is 2.47. The van der Waals surface area contributed by atoms with Gasteiger partial charge >= 0.3 is 0 Å². The van der Waals surface area contributed by atoms with E-state index in [1.165, 1.54) is 0 Å². The van der Waals surface area contributed by atoms with Crippen LogP contribution in [0.4, 0.5) is 16.2 Å². The standard InChI is InChI=1S/C20H26FN5O/c1-25-18(27)16(13-5-3-2-4-6-13)17(23)24-19(25)26-9-7-20(8-10-26)12-14(21)11-15(20)22/h2-6,14-15H,7-12,22-23H2,1H3/t14-,15-/m1/s1. The molecule has 6 nitrogen and oxygen atoms in total. The fourth-order valence-corrected chi connectivity index (χ4v) is 4.69. The van der Waals surface area contributed by atoms with Crippen molar-refractivity contribution in [3.8, 4) is 11.1 Å². The average molecular weight is 371 g/mol. The quantitative estimate of drug-likeness (QED) is 0.843. The van der Waals surface area contributed by atoms with Gasteiger partial charge in [-0.05, 0) is 36.7 Å². The summed E-state index contributed by atoms with van der Waals surface area (Å²) in [6, 6.07) is 9.26. The second-order valence-corrected chi connectivity index (χ2v) is 7.90. The molecule has 2 atom stereocenters. The lowest BCUT2D eigenvalue weighted by Gasteiger charge is -2.42. The van der Waals surface area contributed by atoms with E-state index in [9.17, 15) is 9.18 Å². The van der Waals surface area contributed by atoms with Gasteiger partial charge in [-0.2, -0.15) is 4.98 Å². The van der Waals surface area contributed by atoms with Crippen LogP contribution in [0, 0.1) is 5.41 Å². The molecule has 0 radical (unpaired) electrons. The Labute approximate surface area is 158 Å². The van der Waals surface area contributed by atoms with Gasteiger partial charge in [-0.3, -0.25) is 9.36 Å². The number of hydrogen-bond acceptors (Lipinski definition) is 5. The van der Waals surface area contributed by atoms with Gasteiger partial charge in [0.25, 0.3) is 5.56 Å². The van der Waals surface area contributed by atoms with Crippen molar-refractivity contribution in [3.63, 3.8) is 0 Å². The largest absolute Gasteiger partial charge is 0.383 e. The Morgan fingerprint density at radius 1 is 1.22 bits per heavy atom. The Bertz CT molecular complexity index is 889. The lowest BCUT2D eigenvalue weighted by Crippen LogP contribution is -2.48. The SMILES string of the molecule is Cn1c(N2CCC3(CC2)C[C@H](F)C[C@H]3N)nc(N)c(-c2ccccc2)c1=O. The summed E-state index contributed by atoms with van der Waals surface area (Å²) in [7, 11) is 1.72. The van der Waals surface area contributed by atoms with Crippen LogP contribution >= 0.6 is 0 Å². The maximum atomic E-state index is 13.8. The van der Waals surface area contributed by atoms with Gasteiger partial charge in [-0.1, -0.05) is 30.3 Å². The first-order valence-corrected chi connectivity index (χ1v) is 9.48. The Morgan fingerprint density at radius 3 is 2.48 bits per heavy atom. The molecule has 27 heavy (non-hydrogen) atoms. The first-order chi connectivity index (χ1) is 12.9. The normalized spacial score (nSPS) is 24.5. The highest BCUT2D eigenvalue weighted by molar-refractivity contribution is 5.73. The molecule has 2 heterocycles. The Hall–Kier alpha value is -2.41. The van der Waals surface area contributed by atoms with Crippen LogP contribution in [0.15, 0.2) is 35.1 Å². The number of anilines is 2. The van der Waals surface area contributed by atoms with E-state index in [1.807, 2.05) is 30.3 Å². The second-order valence-electron chi connectivity index (χ2n) is 7.90. The minimum absolute atomic E-state index is 0.0862. The first kappa shape index (κ1) is 18.0. The molecular weight excluding hydrogens is 345 g/mol. The van der Waals surface area contributed by atoms with Crippen LogP contribution in [0.5, 0.6) is 0 Å². The van der Waals surface area contributed by atoms with Crippen molar-refractivity contribution in [2.45, 2.75) is 37.9 Å². The summed E-state index contributed by atoms with van der Waals surface area (Å²) in [5.41, 5.74) is 13.3. The lowest BCUT2D eigenvalue weighted by atomic mass is 9.74. The van der Waals surface area contributed by atoms with Crippen LogP contribution in [-0.2, 0) is 7.05 Å². The maximum absolute atomic E-state index is 13.8. The fraction of sp³-hybridized carbons (Fsp3) is 0.500. The van der Waals surface area contributed by atoms with Crippen LogP contribution in [0.3, 0.4) is 0 Å². The summed E-state index contributed by atoms with van der Waals surface area (Å²) in [4.78, 5) is 19.6. The summed E-state index contributed by atoms with van der Waals surface area (Å²) in [5.74, 6) is 0.802. The lowest BCUT2D eigenvalue weighted by molar-refractivity contribution is 0.183. The Kier molecular flexibility index (Phi) is 4.42. The molecule has 1 saturated heterocycles. The topological polar surface area (TPSA) is 90.2 Å². The predicted molar refractivity (Wildman–Crippen MR) is 105 cm³/mol. The number of hydrogen-bond donors (Lipinski definition) is 2. The molecule has 1 saturated carbocycles. The number of nitrogens with zero attached hydrogens (tertiary/aromatic N) is 3. The molecule has 2 aliphatic rings. The number of halogens is 1. The third-order valence-corrected chi connectivity index (χ3v) is 6.32. The zero-order valence-electron chi connectivity index (χ0n) is 15.6. The number of nitrogen functional groups attached to an aromatic ring is 1. The van der Waals surface area contributed by atoms with E-state index in [0.29, 0.717) is 37.4 Å². The number of alkyl halides is 1. The molecule has 1 aromatic carbocycles. The second kappa shape index (κ2) is 6.64. The van der Waals surface area contributed by atoms with E-state index >= 15 is 0 Å². The van der Waals surface area contributed by atoms with Crippen molar-refractivity contribution in [2.75, 3.05) is 23.7 Å². The minimum Gasteiger partial charge on any atom is -0.383 e. The van der Waals surface area contributed by atoms with E-state index in [0.717, 1.165) is 18.4 Å². The molecule has 4 rings (SSSR count). The zero-order valence-corrected chi connectivity index (χ0v) is 15.6. The molecule has 144 valence electrons. The smallest absolute Gasteiger partial charge is 0.264 e. The van der Waals surface area contributed by atoms with Crippen molar-refractivity contribution in [1.82, 2.24) is 9.55 Å². The van der Waals surface area contributed by atoms with E-state index in [2.05, 4.69) is 9.88 Å². The summed E-state index contributed by atoms with van der Waals surface area (Å²) >= 11 is 0. The highest BCUT2D eigenvalue weighted by atomic mass is 19.1. The van der Waals surface area contributed by atoms with Gasteiger partial charge in [0.2, 0.25) is 5.95 Å². The molecule has 0 unspecified atom stereocenters. The third-order valence-electron chi connectivity index (χ3n) is 6.32. The summed E-state index contributed by atoms with van der Waals surface area (Å²) in [6.45, 7) is 1.40. The van der Waals surface area contributed by atoms with Gasteiger partial charge in [0, 0.05) is 26.2 Å². The summed E-state index contributed by atoms with van der Waals surface area (Å²) < 4.78 is 15.4. The number of piperidine rings is 1. The van der Waals surface area contributed by atoms with Crippen LogP contribution < -0.4 is 21.9 Å². The molecule has 1 aromatic heterocycles. The highest BCUT2D eigenvalue weighted by Crippen LogP contribution is 2.47. The molecule has 0 bridgehead atoms. The number of aromatic nitrogens is 2. The van der Waals surface area contributed by atoms with Crippen molar-refractivity contribution in [2.24, 2.45) is 18.2 Å². The number of rotatable bonds is 2. The molecule has 1 aliphatic heterocycles. The monoisotopic (exact) mass is 371 g/mol. The van der Waals surface area contributed by atoms with Crippen molar-refractivity contribution in [1.29, 1.82) is 0 Å². The van der Waals surface area contributed by atoms with Crippen LogP contribution in [0.1, 0.15) is 25.7 Å². The molecule has 0 amide bonds. The van der Waals surface area contributed by atoms with Gasteiger partial charge in [-0.15, -0.1) is 0 Å². The predicted octanol–water partition coefficient (Wildman–Crippen LogP) is 2.08. The molecule has 7 heteroatoms. The van der Waals surface area contributed by atoms with Crippen molar-refractivity contribution in [3.05, 3.63) is 40.7 Å². The van der Waals surface area contributed by atoms with Gasteiger partial charge < -0.3 is 16.4 Å². The molecule has 2 fully saturated rings. The van der Waals surface area contributed by atoms with Gasteiger partial charge in [0.15, 0.2) is 0 Å². The average Bonchev–Trinajstić information content (AvgIpc) is 2.93. The molecular formula is C20H26FN5O. The van der Waals surface area contributed by atoms with E-state index < -0.39 is 6.17 Å². The van der Waals surface area contributed by atoms with Crippen LogP contribution in [0.25, 0.3) is 11.1 Å². The van der Waals surface area contributed by atoms with Crippen LogP contribution in [0.2, 0.25) is 0 Å². The van der Waals surface area contributed by atoms with Gasteiger partial charge in [0.1, 0.15) is 12.0 Å². The van der Waals surface area contributed by atoms with E-state index in [-0.39, 0.29) is 22.8 Å². The third kappa shape index (κ3) is 3.00. The number of nitrogens with two attached hydrogens (primary N) is 2. The minimum atomic E-state index is -0.796. The van der Waals surface area contributed by atoms with Crippen LogP contribution in [-0.4, -0.2) is 34.9 Å². The van der Waals surface area contributed by atoms with Gasteiger partial charge in [-0.25, -0.2) is 4.39 Å². The molecule has 4 N–H and O–H groups in total. The molecule has 1 spiro atoms. The zero-order chi connectivity index (χ0) is 19.2. The number of benzene rings is 1. The summed E-state index contributed by atoms with van der Waals surface area (Å²) in [5, 5.41) is 0.